The Morgan fingerprint density at radius 2 is 1.48 bits per heavy atom. The summed E-state index contributed by atoms with van der Waals surface area (Å²) in [5.41, 5.74) is 0. The SMILES string of the molecule is CCOC(=O)COc1ccc(Oc2ccc(Cl)cc2)cc1. The minimum absolute atomic E-state index is 0.106. The van der Waals surface area contributed by atoms with Crippen molar-refractivity contribution in [3.05, 3.63) is 53.6 Å². The van der Waals surface area contributed by atoms with E-state index >= 15 is 0 Å². The summed E-state index contributed by atoms with van der Waals surface area (Å²) in [7, 11) is 0. The van der Waals surface area contributed by atoms with Crippen LogP contribution in [0.25, 0.3) is 0 Å². The maximum absolute atomic E-state index is 11.2. The third-order valence-electron chi connectivity index (χ3n) is 2.54. The highest BCUT2D eigenvalue weighted by Crippen LogP contribution is 2.24. The second-order valence-corrected chi connectivity index (χ2v) is 4.56. The molecule has 0 atom stereocenters. The van der Waals surface area contributed by atoms with Gasteiger partial charge in [0, 0.05) is 5.02 Å². The molecule has 0 heterocycles. The lowest BCUT2D eigenvalue weighted by Crippen LogP contribution is -2.14. The zero-order chi connectivity index (χ0) is 15.1. The summed E-state index contributed by atoms with van der Waals surface area (Å²) >= 11 is 5.81. The number of benzene rings is 2. The molecule has 0 saturated heterocycles. The van der Waals surface area contributed by atoms with E-state index in [0.29, 0.717) is 28.9 Å². The Morgan fingerprint density at radius 3 is 2.05 bits per heavy atom. The van der Waals surface area contributed by atoms with Gasteiger partial charge >= 0.3 is 5.97 Å². The molecule has 5 heteroatoms. The van der Waals surface area contributed by atoms with Crippen molar-refractivity contribution in [2.24, 2.45) is 0 Å². The van der Waals surface area contributed by atoms with Gasteiger partial charge in [0.1, 0.15) is 17.2 Å². The molecule has 21 heavy (non-hydrogen) atoms. The van der Waals surface area contributed by atoms with E-state index in [1.165, 1.54) is 0 Å². The van der Waals surface area contributed by atoms with Crippen LogP contribution in [0, 0.1) is 0 Å². The van der Waals surface area contributed by atoms with E-state index in [2.05, 4.69) is 0 Å². The van der Waals surface area contributed by atoms with Crippen LogP contribution in [0.4, 0.5) is 0 Å². The zero-order valence-corrected chi connectivity index (χ0v) is 12.3. The lowest BCUT2D eigenvalue weighted by molar-refractivity contribution is -0.145. The molecule has 2 aromatic carbocycles. The summed E-state index contributed by atoms with van der Waals surface area (Å²) in [6.45, 7) is 1.99. The fourth-order valence-corrected chi connectivity index (χ4v) is 1.71. The lowest BCUT2D eigenvalue weighted by atomic mass is 10.3. The Morgan fingerprint density at radius 1 is 0.952 bits per heavy atom. The van der Waals surface area contributed by atoms with Crippen molar-refractivity contribution in [3.63, 3.8) is 0 Å². The number of esters is 1. The molecular formula is C16H15ClO4. The number of rotatable bonds is 6. The lowest BCUT2D eigenvalue weighted by Gasteiger charge is -2.08. The number of hydrogen-bond donors (Lipinski definition) is 0. The van der Waals surface area contributed by atoms with Gasteiger partial charge in [0.15, 0.2) is 6.61 Å². The molecular weight excluding hydrogens is 292 g/mol. The van der Waals surface area contributed by atoms with Gasteiger partial charge in [-0.15, -0.1) is 0 Å². The van der Waals surface area contributed by atoms with Crippen molar-refractivity contribution < 1.29 is 19.0 Å². The first-order valence-electron chi connectivity index (χ1n) is 6.49. The van der Waals surface area contributed by atoms with Crippen LogP contribution in [0.1, 0.15) is 6.92 Å². The number of carbonyl (C=O) groups excluding carboxylic acids is 1. The van der Waals surface area contributed by atoms with Crippen molar-refractivity contribution in [1.82, 2.24) is 0 Å². The van der Waals surface area contributed by atoms with E-state index in [9.17, 15) is 4.79 Å². The average Bonchev–Trinajstić information content (AvgIpc) is 2.49. The number of carbonyl (C=O) groups is 1. The number of hydrogen-bond acceptors (Lipinski definition) is 4. The molecule has 0 aliphatic heterocycles. The molecule has 0 radical (unpaired) electrons. The molecule has 0 bridgehead atoms. The molecule has 2 aromatic rings. The van der Waals surface area contributed by atoms with Gasteiger partial charge < -0.3 is 14.2 Å². The third-order valence-corrected chi connectivity index (χ3v) is 2.79. The third kappa shape index (κ3) is 5.00. The van der Waals surface area contributed by atoms with Crippen molar-refractivity contribution in [3.8, 4) is 17.2 Å². The van der Waals surface area contributed by atoms with E-state index in [0.717, 1.165) is 0 Å². The molecule has 0 amide bonds. The molecule has 4 nitrogen and oxygen atoms in total. The Labute approximate surface area is 128 Å². The molecule has 0 aliphatic carbocycles. The average molecular weight is 307 g/mol. The first kappa shape index (κ1) is 15.2. The van der Waals surface area contributed by atoms with Crippen molar-refractivity contribution in [2.45, 2.75) is 6.92 Å². The fourth-order valence-electron chi connectivity index (χ4n) is 1.59. The molecule has 0 aliphatic rings. The minimum Gasteiger partial charge on any atom is -0.482 e. The van der Waals surface area contributed by atoms with E-state index in [-0.39, 0.29) is 12.6 Å². The van der Waals surface area contributed by atoms with Crippen LogP contribution in [-0.4, -0.2) is 19.2 Å². The van der Waals surface area contributed by atoms with Gasteiger partial charge in [-0.05, 0) is 55.5 Å². The molecule has 2 rings (SSSR count). The number of halogens is 1. The predicted octanol–water partition coefficient (Wildman–Crippen LogP) is 4.07. The molecule has 0 spiro atoms. The summed E-state index contributed by atoms with van der Waals surface area (Å²) in [6, 6.07) is 14.1. The summed E-state index contributed by atoms with van der Waals surface area (Å²) < 4.78 is 15.7. The highest BCUT2D eigenvalue weighted by molar-refractivity contribution is 6.30. The van der Waals surface area contributed by atoms with Crippen LogP contribution in [0.3, 0.4) is 0 Å². The molecule has 0 unspecified atom stereocenters. The molecule has 110 valence electrons. The highest BCUT2D eigenvalue weighted by atomic mass is 35.5. The second kappa shape index (κ2) is 7.55. The monoisotopic (exact) mass is 306 g/mol. The zero-order valence-electron chi connectivity index (χ0n) is 11.5. The summed E-state index contributed by atoms with van der Waals surface area (Å²) in [4.78, 5) is 11.2. The van der Waals surface area contributed by atoms with Crippen LogP contribution in [0.5, 0.6) is 17.2 Å². The van der Waals surface area contributed by atoms with Crippen LogP contribution in [0.2, 0.25) is 5.02 Å². The van der Waals surface area contributed by atoms with Gasteiger partial charge in [-0.2, -0.15) is 0 Å². The summed E-state index contributed by atoms with van der Waals surface area (Å²) in [6.07, 6.45) is 0. The topological polar surface area (TPSA) is 44.8 Å². The van der Waals surface area contributed by atoms with Crippen LogP contribution < -0.4 is 9.47 Å². The molecule has 0 saturated carbocycles. The van der Waals surface area contributed by atoms with Crippen LogP contribution in [0.15, 0.2) is 48.5 Å². The standard InChI is InChI=1S/C16H15ClO4/c1-2-19-16(18)11-20-13-7-9-15(10-8-13)21-14-5-3-12(17)4-6-14/h3-10H,2,11H2,1H3. The molecule has 0 fully saturated rings. The second-order valence-electron chi connectivity index (χ2n) is 4.12. The van der Waals surface area contributed by atoms with Gasteiger partial charge in [-0.3, -0.25) is 0 Å². The first-order valence-corrected chi connectivity index (χ1v) is 6.87. The fraction of sp³-hybridized carbons (Fsp3) is 0.188. The van der Waals surface area contributed by atoms with Crippen molar-refractivity contribution in [1.29, 1.82) is 0 Å². The normalized spacial score (nSPS) is 10.0. The maximum atomic E-state index is 11.2. The van der Waals surface area contributed by atoms with E-state index in [4.69, 9.17) is 25.8 Å². The Bertz CT molecular complexity index is 578. The van der Waals surface area contributed by atoms with Gasteiger partial charge in [0.05, 0.1) is 6.61 Å². The van der Waals surface area contributed by atoms with E-state index < -0.39 is 0 Å². The Kier molecular flexibility index (Phi) is 5.46. The van der Waals surface area contributed by atoms with Crippen LogP contribution in [-0.2, 0) is 9.53 Å². The van der Waals surface area contributed by atoms with E-state index in [1.54, 1.807) is 55.5 Å². The first-order chi connectivity index (χ1) is 10.2. The molecule has 0 N–H and O–H groups in total. The smallest absolute Gasteiger partial charge is 0.344 e. The van der Waals surface area contributed by atoms with E-state index in [1.807, 2.05) is 0 Å². The highest BCUT2D eigenvalue weighted by Gasteiger charge is 2.03. The minimum atomic E-state index is -0.390. The van der Waals surface area contributed by atoms with Crippen molar-refractivity contribution in [2.75, 3.05) is 13.2 Å². The quantitative estimate of drug-likeness (QED) is 0.755. The molecule has 0 aromatic heterocycles. The van der Waals surface area contributed by atoms with Gasteiger partial charge in [-0.1, -0.05) is 11.6 Å². The van der Waals surface area contributed by atoms with Gasteiger partial charge in [0.25, 0.3) is 0 Å². The Hall–Kier alpha value is -2.20. The van der Waals surface area contributed by atoms with Crippen molar-refractivity contribution >= 4 is 17.6 Å². The van der Waals surface area contributed by atoms with Gasteiger partial charge in [0.2, 0.25) is 0 Å². The summed E-state index contributed by atoms with van der Waals surface area (Å²) in [5.74, 6) is 1.55. The van der Waals surface area contributed by atoms with Gasteiger partial charge in [-0.25, -0.2) is 4.79 Å². The predicted molar refractivity (Wildman–Crippen MR) is 80.1 cm³/mol. The Balaban J connectivity index is 1.89. The van der Waals surface area contributed by atoms with Crippen LogP contribution >= 0.6 is 11.6 Å². The maximum Gasteiger partial charge on any atom is 0.344 e. The number of ether oxygens (including phenoxy) is 3. The summed E-state index contributed by atoms with van der Waals surface area (Å²) in [5, 5.41) is 0.657. The largest absolute Gasteiger partial charge is 0.482 e.